The molecule has 1 aromatic heterocycles. The Hall–Kier alpha value is -1.58. The highest BCUT2D eigenvalue weighted by molar-refractivity contribution is 9.10. The van der Waals surface area contributed by atoms with E-state index in [0.717, 1.165) is 30.3 Å². The predicted molar refractivity (Wildman–Crippen MR) is 93.4 cm³/mol. The monoisotopic (exact) mass is 342 g/mol. The van der Waals surface area contributed by atoms with E-state index in [4.69, 9.17) is 5.73 Å². The minimum absolute atomic E-state index is 0.759. The van der Waals surface area contributed by atoms with Crippen LogP contribution in [0.3, 0.4) is 0 Å². The minimum Gasteiger partial charge on any atom is -0.354 e. The molecular weight excluding hydrogens is 324 g/mol. The maximum atomic E-state index is 5.64. The van der Waals surface area contributed by atoms with Crippen molar-refractivity contribution in [2.24, 2.45) is 5.73 Å². The molecule has 2 nitrogen and oxygen atoms in total. The van der Waals surface area contributed by atoms with Crippen LogP contribution in [0.15, 0.2) is 53.0 Å². The van der Waals surface area contributed by atoms with E-state index in [0.29, 0.717) is 0 Å². The normalized spacial score (nSPS) is 11.1. The number of halogens is 1. The van der Waals surface area contributed by atoms with E-state index in [2.05, 4.69) is 69.4 Å². The van der Waals surface area contributed by atoms with E-state index in [1.54, 1.807) is 0 Å². The molecule has 0 unspecified atom stereocenters. The van der Waals surface area contributed by atoms with Crippen molar-refractivity contribution in [1.82, 2.24) is 4.98 Å². The van der Waals surface area contributed by atoms with Crippen molar-refractivity contribution in [1.29, 1.82) is 0 Å². The zero-order chi connectivity index (χ0) is 14.7. The number of hydrogen-bond acceptors (Lipinski definition) is 1. The smallest absolute Gasteiger partial charge is 0.0497 e. The number of benzene rings is 2. The van der Waals surface area contributed by atoms with Crippen LogP contribution in [0, 0.1) is 0 Å². The summed E-state index contributed by atoms with van der Waals surface area (Å²) in [4.78, 5) is 3.58. The number of unbranched alkanes of at least 4 members (excludes halogenated alkanes) is 1. The molecule has 0 bridgehead atoms. The van der Waals surface area contributed by atoms with Crippen LogP contribution in [0.2, 0.25) is 0 Å². The number of rotatable bonds is 5. The first-order valence-electron chi connectivity index (χ1n) is 7.35. The molecule has 0 aliphatic carbocycles. The zero-order valence-electron chi connectivity index (χ0n) is 11.9. The Labute approximate surface area is 133 Å². The highest BCUT2D eigenvalue weighted by Crippen LogP contribution is 2.32. The number of aromatic amines is 1. The molecule has 0 aliphatic heterocycles. The predicted octanol–water partition coefficient (Wildman–Crippen LogP) is 4.88. The number of H-pyrrole nitrogens is 1. The molecule has 0 aliphatic rings. The van der Waals surface area contributed by atoms with Gasteiger partial charge in [0, 0.05) is 21.1 Å². The number of nitrogens with two attached hydrogens (primary N) is 1. The molecule has 0 saturated heterocycles. The Morgan fingerprint density at radius 3 is 2.67 bits per heavy atom. The second-order valence-electron chi connectivity index (χ2n) is 5.28. The van der Waals surface area contributed by atoms with Gasteiger partial charge in [0.05, 0.1) is 0 Å². The van der Waals surface area contributed by atoms with Crippen molar-refractivity contribution >= 4 is 26.8 Å². The van der Waals surface area contributed by atoms with Crippen LogP contribution in [-0.4, -0.2) is 11.5 Å². The second kappa shape index (κ2) is 6.46. The first-order chi connectivity index (χ1) is 10.3. The van der Waals surface area contributed by atoms with Crippen molar-refractivity contribution in [3.63, 3.8) is 0 Å². The van der Waals surface area contributed by atoms with Crippen molar-refractivity contribution in [2.75, 3.05) is 6.54 Å². The molecule has 2 aromatic carbocycles. The Bertz CT molecular complexity index is 746. The van der Waals surface area contributed by atoms with E-state index in [-0.39, 0.29) is 0 Å². The molecule has 3 N–H and O–H groups in total. The first kappa shape index (κ1) is 14.4. The fourth-order valence-corrected chi connectivity index (χ4v) is 3.20. The third-order valence-corrected chi connectivity index (χ3v) is 4.30. The molecule has 21 heavy (non-hydrogen) atoms. The van der Waals surface area contributed by atoms with Gasteiger partial charge < -0.3 is 10.7 Å². The molecule has 0 saturated carbocycles. The van der Waals surface area contributed by atoms with Crippen LogP contribution in [0.25, 0.3) is 22.2 Å². The highest BCUT2D eigenvalue weighted by atomic mass is 79.9. The fraction of sp³-hybridized carbons (Fsp3) is 0.222. The molecule has 0 spiro atoms. The van der Waals surface area contributed by atoms with Gasteiger partial charge in [0.25, 0.3) is 0 Å². The Balaban J connectivity index is 2.09. The van der Waals surface area contributed by atoms with Crippen LogP contribution in [0.4, 0.5) is 0 Å². The molecule has 1 heterocycles. The summed E-state index contributed by atoms with van der Waals surface area (Å²) in [5.74, 6) is 0. The molecule has 3 rings (SSSR count). The molecule has 0 atom stereocenters. The summed E-state index contributed by atoms with van der Waals surface area (Å²) in [6, 6.07) is 17.0. The molecular formula is C18H19BrN2. The van der Waals surface area contributed by atoms with Crippen molar-refractivity contribution in [2.45, 2.75) is 19.3 Å². The van der Waals surface area contributed by atoms with Crippen LogP contribution >= 0.6 is 15.9 Å². The van der Waals surface area contributed by atoms with Gasteiger partial charge in [0.15, 0.2) is 0 Å². The van der Waals surface area contributed by atoms with E-state index >= 15 is 0 Å². The SMILES string of the molecule is NCCCCc1c(-c2cccc(Br)c2)[nH]c2ccccc12. The third kappa shape index (κ3) is 3.04. The average Bonchev–Trinajstić information content (AvgIpc) is 2.87. The third-order valence-electron chi connectivity index (χ3n) is 3.81. The summed E-state index contributed by atoms with van der Waals surface area (Å²) in [7, 11) is 0. The zero-order valence-corrected chi connectivity index (χ0v) is 13.5. The van der Waals surface area contributed by atoms with Gasteiger partial charge in [-0.1, -0.05) is 46.3 Å². The quantitative estimate of drug-likeness (QED) is 0.637. The second-order valence-corrected chi connectivity index (χ2v) is 6.20. The average molecular weight is 343 g/mol. The van der Waals surface area contributed by atoms with Gasteiger partial charge in [0.1, 0.15) is 0 Å². The molecule has 0 amide bonds. The summed E-state index contributed by atoms with van der Waals surface area (Å²) in [5.41, 5.74) is 10.7. The van der Waals surface area contributed by atoms with Crippen molar-refractivity contribution in [3.8, 4) is 11.3 Å². The van der Waals surface area contributed by atoms with Gasteiger partial charge in [-0.3, -0.25) is 0 Å². The number of para-hydroxylation sites is 1. The topological polar surface area (TPSA) is 41.8 Å². The summed E-state index contributed by atoms with van der Waals surface area (Å²) in [5, 5.41) is 1.32. The maximum absolute atomic E-state index is 5.64. The Morgan fingerprint density at radius 2 is 1.86 bits per heavy atom. The van der Waals surface area contributed by atoms with Gasteiger partial charge in [-0.15, -0.1) is 0 Å². The molecule has 3 aromatic rings. The van der Waals surface area contributed by atoms with Gasteiger partial charge in [0.2, 0.25) is 0 Å². The number of aryl methyl sites for hydroxylation is 1. The summed E-state index contributed by atoms with van der Waals surface area (Å²) in [6.45, 7) is 0.759. The van der Waals surface area contributed by atoms with E-state index in [1.165, 1.54) is 27.7 Å². The lowest BCUT2D eigenvalue weighted by Gasteiger charge is -2.05. The van der Waals surface area contributed by atoms with Gasteiger partial charge in [-0.2, -0.15) is 0 Å². The van der Waals surface area contributed by atoms with E-state index in [9.17, 15) is 0 Å². The number of fused-ring (bicyclic) bond motifs is 1. The maximum Gasteiger partial charge on any atom is 0.0497 e. The van der Waals surface area contributed by atoms with Gasteiger partial charge in [-0.05, 0) is 55.1 Å². The number of nitrogens with one attached hydrogen (secondary N) is 1. The highest BCUT2D eigenvalue weighted by Gasteiger charge is 2.12. The van der Waals surface area contributed by atoms with Crippen LogP contribution < -0.4 is 5.73 Å². The van der Waals surface area contributed by atoms with E-state index < -0.39 is 0 Å². The molecule has 0 fully saturated rings. The minimum atomic E-state index is 0.759. The van der Waals surface area contributed by atoms with E-state index in [1.807, 2.05) is 0 Å². The Morgan fingerprint density at radius 1 is 1.00 bits per heavy atom. The lowest BCUT2D eigenvalue weighted by molar-refractivity contribution is 0.748. The fourth-order valence-electron chi connectivity index (χ4n) is 2.80. The summed E-state index contributed by atoms with van der Waals surface area (Å²) in [6.07, 6.45) is 3.25. The standard InChI is InChI=1S/C18H19BrN2/c19-14-7-5-6-13(12-14)18-16(9-3-4-11-20)15-8-1-2-10-17(15)21-18/h1-2,5-8,10,12,21H,3-4,9,11,20H2. The Kier molecular flexibility index (Phi) is 4.42. The summed E-state index contributed by atoms with van der Waals surface area (Å²) >= 11 is 3.56. The molecule has 0 radical (unpaired) electrons. The summed E-state index contributed by atoms with van der Waals surface area (Å²) < 4.78 is 1.10. The lowest BCUT2D eigenvalue weighted by Crippen LogP contribution is -1.99. The van der Waals surface area contributed by atoms with Crippen molar-refractivity contribution in [3.05, 3.63) is 58.6 Å². The number of aromatic nitrogens is 1. The first-order valence-corrected chi connectivity index (χ1v) is 8.14. The van der Waals surface area contributed by atoms with Gasteiger partial charge in [-0.25, -0.2) is 0 Å². The number of hydrogen-bond donors (Lipinski definition) is 2. The largest absolute Gasteiger partial charge is 0.354 e. The molecule has 108 valence electrons. The molecule has 3 heteroatoms. The van der Waals surface area contributed by atoms with Gasteiger partial charge >= 0.3 is 0 Å². The van der Waals surface area contributed by atoms with Crippen LogP contribution in [0.5, 0.6) is 0 Å². The van der Waals surface area contributed by atoms with Crippen LogP contribution in [-0.2, 0) is 6.42 Å². The van der Waals surface area contributed by atoms with Crippen LogP contribution in [0.1, 0.15) is 18.4 Å². The van der Waals surface area contributed by atoms with Crippen molar-refractivity contribution < 1.29 is 0 Å². The lowest BCUT2D eigenvalue weighted by atomic mass is 10.0.